The molecule has 0 bridgehead atoms. The van der Waals surface area contributed by atoms with Crippen LogP contribution in [0.5, 0.6) is 0 Å². The third-order valence-corrected chi connectivity index (χ3v) is 9.20. The second-order valence-corrected chi connectivity index (χ2v) is 11.7. The molecule has 1 aromatic heterocycles. The Balaban J connectivity index is 1.56. The lowest BCUT2D eigenvalue weighted by Gasteiger charge is -2.33. The van der Waals surface area contributed by atoms with E-state index in [9.17, 15) is 13.2 Å². The van der Waals surface area contributed by atoms with Crippen LogP contribution in [0.1, 0.15) is 45.1 Å². The molecule has 0 spiro atoms. The molecule has 0 aliphatic carbocycles. The molecule has 8 heteroatoms. The van der Waals surface area contributed by atoms with Crippen LogP contribution in [-0.4, -0.2) is 31.7 Å². The molecule has 1 saturated heterocycles. The van der Waals surface area contributed by atoms with Crippen molar-refractivity contribution in [3.05, 3.63) is 46.3 Å². The Labute approximate surface area is 182 Å². The number of halogens is 1. The predicted octanol–water partition coefficient (Wildman–Crippen LogP) is 5.20. The van der Waals surface area contributed by atoms with Crippen molar-refractivity contribution in [2.24, 2.45) is 11.8 Å². The molecule has 2 heterocycles. The number of anilines is 1. The van der Waals surface area contributed by atoms with Crippen LogP contribution in [0.2, 0.25) is 4.34 Å². The number of thiophene rings is 1. The van der Waals surface area contributed by atoms with Crippen LogP contribution < -0.4 is 5.32 Å². The standard InChI is InChI=1S/C21H27ClN2O3S2/c1-14(2)16-4-6-18(7-5-16)23-21(25)15(3)17-10-12-24(13-11-17)29(26,27)20-9-8-19(22)28-20/h4-9,14-15,17H,10-13H2,1-3H3,(H,23,25)/t15-/m0/s1. The second-order valence-electron chi connectivity index (χ2n) is 7.85. The topological polar surface area (TPSA) is 66.5 Å². The summed E-state index contributed by atoms with van der Waals surface area (Å²) < 4.78 is 27.7. The van der Waals surface area contributed by atoms with Gasteiger partial charge in [-0.1, -0.05) is 44.5 Å². The predicted molar refractivity (Wildman–Crippen MR) is 119 cm³/mol. The highest BCUT2D eigenvalue weighted by Crippen LogP contribution is 2.32. The number of sulfonamides is 1. The van der Waals surface area contributed by atoms with Crippen LogP contribution in [0.3, 0.4) is 0 Å². The van der Waals surface area contributed by atoms with Gasteiger partial charge in [0.25, 0.3) is 10.0 Å². The first-order valence-electron chi connectivity index (χ1n) is 9.85. The molecule has 0 radical (unpaired) electrons. The number of amides is 1. The van der Waals surface area contributed by atoms with Crippen LogP contribution in [-0.2, 0) is 14.8 Å². The largest absolute Gasteiger partial charge is 0.326 e. The molecule has 1 amide bonds. The number of rotatable bonds is 6. The maximum atomic E-state index is 12.7. The van der Waals surface area contributed by atoms with Crippen molar-refractivity contribution >= 4 is 44.6 Å². The smallest absolute Gasteiger partial charge is 0.252 e. The number of piperidine rings is 1. The summed E-state index contributed by atoms with van der Waals surface area (Å²) in [5.41, 5.74) is 2.03. The number of benzene rings is 1. The number of nitrogens with zero attached hydrogens (tertiary/aromatic N) is 1. The zero-order valence-electron chi connectivity index (χ0n) is 16.9. The summed E-state index contributed by atoms with van der Waals surface area (Å²) in [6.07, 6.45) is 1.33. The van der Waals surface area contributed by atoms with Gasteiger partial charge in [-0.05, 0) is 54.5 Å². The Morgan fingerprint density at radius 1 is 1.10 bits per heavy atom. The van der Waals surface area contributed by atoms with E-state index >= 15 is 0 Å². The van der Waals surface area contributed by atoms with Crippen molar-refractivity contribution in [1.29, 1.82) is 0 Å². The van der Waals surface area contributed by atoms with E-state index in [0.29, 0.717) is 36.2 Å². The highest BCUT2D eigenvalue weighted by Gasteiger charge is 2.34. The lowest BCUT2D eigenvalue weighted by atomic mass is 9.85. The minimum Gasteiger partial charge on any atom is -0.326 e. The Hall–Kier alpha value is -1.41. The average molecular weight is 455 g/mol. The summed E-state index contributed by atoms with van der Waals surface area (Å²) >= 11 is 6.96. The number of hydrogen-bond acceptors (Lipinski definition) is 4. The van der Waals surface area contributed by atoms with Crippen LogP contribution in [0.25, 0.3) is 0 Å². The first-order chi connectivity index (χ1) is 13.7. The normalized spacial score (nSPS) is 17.4. The zero-order valence-corrected chi connectivity index (χ0v) is 19.3. The van der Waals surface area contributed by atoms with Crippen molar-refractivity contribution in [2.75, 3.05) is 18.4 Å². The first kappa shape index (κ1) is 22.3. The van der Waals surface area contributed by atoms with Crippen molar-refractivity contribution < 1.29 is 13.2 Å². The van der Waals surface area contributed by atoms with E-state index < -0.39 is 10.0 Å². The lowest BCUT2D eigenvalue weighted by Crippen LogP contribution is -2.41. The van der Waals surface area contributed by atoms with Crippen molar-refractivity contribution in [3.8, 4) is 0 Å². The summed E-state index contributed by atoms with van der Waals surface area (Å²) in [6.45, 7) is 7.03. The van der Waals surface area contributed by atoms with Crippen LogP contribution in [0.15, 0.2) is 40.6 Å². The summed E-state index contributed by atoms with van der Waals surface area (Å²) in [5, 5.41) is 2.99. The van der Waals surface area contributed by atoms with Gasteiger partial charge in [-0.25, -0.2) is 8.42 Å². The first-order valence-corrected chi connectivity index (χ1v) is 12.5. The Kier molecular flexibility index (Phi) is 7.04. The maximum absolute atomic E-state index is 12.7. The minimum atomic E-state index is -3.50. The summed E-state index contributed by atoms with van der Waals surface area (Å²) in [5.74, 6) is 0.406. The van der Waals surface area contributed by atoms with Gasteiger partial charge in [0.2, 0.25) is 5.91 Å². The molecular formula is C21H27ClN2O3S2. The van der Waals surface area contributed by atoms with Gasteiger partial charge in [0.1, 0.15) is 4.21 Å². The van der Waals surface area contributed by atoms with Gasteiger partial charge in [0.05, 0.1) is 4.34 Å². The molecular weight excluding hydrogens is 428 g/mol. The molecule has 5 nitrogen and oxygen atoms in total. The molecule has 1 aromatic carbocycles. The monoisotopic (exact) mass is 454 g/mol. The van der Waals surface area contributed by atoms with Crippen LogP contribution in [0, 0.1) is 11.8 Å². The highest BCUT2D eigenvalue weighted by atomic mass is 35.5. The molecule has 1 fully saturated rings. The quantitative estimate of drug-likeness (QED) is 0.652. The van der Waals surface area contributed by atoms with Crippen molar-refractivity contribution in [2.45, 2.75) is 43.7 Å². The molecule has 29 heavy (non-hydrogen) atoms. The maximum Gasteiger partial charge on any atom is 0.252 e. The average Bonchev–Trinajstić information content (AvgIpc) is 3.15. The number of nitrogens with one attached hydrogen (secondary N) is 1. The number of carbonyl (C=O) groups is 1. The van der Waals surface area contributed by atoms with E-state index in [-0.39, 0.29) is 22.0 Å². The number of carbonyl (C=O) groups excluding carboxylic acids is 1. The van der Waals surface area contributed by atoms with E-state index in [0.717, 1.165) is 17.0 Å². The molecule has 158 valence electrons. The SMILES string of the molecule is CC(C)c1ccc(NC(=O)[C@@H](C)C2CCN(S(=O)(=O)c3ccc(Cl)s3)CC2)cc1. The van der Waals surface area contributed by atoms with E-state index in [4.69, 9.17) is 11.6 Å². The summed E-state index contributed by atoms with van der Waals surface area (Å²) in [6, 6.07) is 11.1. The summed E-state index contributed by atoms with van der Waals surface area (Å²) in [7, 11) is -3.50. The lowest BCUT2D eigenvalue weighted by molar-refractivity contribution is -0.121. The van der Waals surface area contributed by atoms with E-state index in [1.54, 1.807) is 12.1 Å². The van der Waals surface area contributed by atoms with Crippen molar-refractivity contribution in [1.82, 2.24) is 4.31 Å². The van der Waals surface area contributed by atoms with Gasteiger partial charge >= 0.3 is 0 Å². The molecule has 1 aliphatic heterocycles. The van der Waals surface area contributed by atoms with Crippen LogP contribution in [0.4, 0.5) is 5.69 Å². The molecule has 2 aromatic rings. The van der Waals surface area contributed by atoms with Crippen molar-refractivity contribution in [3.63, 3.8) is 0 Å². The Morgan fingerprint density at radius 2 is 1.72 bits per heavy atom. The fraction of sp³-hybridized carbons (Fsp3) is 0.476. The van der Waals surface area contributed by atoms with Crippen LogP contribution >= 0.6 is 22.9 Å². The fourth-order valence-corrected chi connectivity index (χ4v) is 6.71. The summed E-state index contributed by atoms with van der Waals surface area (Å²) in [4.78, 5) is 12.7. The molecule has 1 atom stereocenters. The fourth-order valence-electron chi connectivity index (χ4n) is 3.60. The second kappa shape index (κ2) is 9.16. The van der Waals surface area contributed by atoms with Gasteiger partial charge in [-0.2, -0.15) is 4.31 Å². The molecule has 0 unspecified atom stereocenters. The van der Waals surface area contributed by atoms with Gasteiger partial charge in [-0.3, -0.25) is 4.79 Å². The zero-order chi connectivity index (χ0) is 21.2. The van der Waals surface area contributed by atoms with Gasteiger partial charge in [-0.15, -0.1) is 11.3 Å². The Morgan fingerprint density at radius 3 is 2.24 bits per heavy atom. The molecule has 0 saturated carbocycles. The van der Waals surface area contributed by atoms with Gasteiger partial charge in [0.15, 0.2) is 0 Å². The molecule has 3 rings (SSSR count). The van der Waals surface area contributed by atoms with E-state index in [1.165, 1.54) is 9.87 Å². The minimum absolute atomic E-state index is 0.0198. The van der Waals surface area contributed by atoms with Gasteiger partial charge < -0.3 is 5.32 Å². The Bertz CT molecular complexity index is 947. The highest BCUT2D eigenvalue weighted by molar-refractivity contribution is 7.91. The van der Waals surface area contributed by atoms with Gasteiger partial charge in [0, 0.05) is 24.7 Å². The van der Waals surface area contributed by atoms with E-state index in [2.05, 4.69) is 19.2 Å². The molecule has 1 aliphatic rings. The third kappa shape index (κ3) is 5.20. The molecule has 1 N–H and O–H groups in total. The number of hydrogen-bond donors (Lipinski definition) is 1. The van der Waals surface area contributed by atoms with E-state index in [1.807, 2.05) is 31.2 Å². The third-order valence-electron chi connectivity index (χ3n) is 5.61.